The SMILES string of the molecule is CCCOc1ccc(S(=O)(=O)NCCN(CC)CC)cc1-c1nc(CC)c(CC)c(=O)[nH]1.O=C(O)C=CC(=O)O. The van der Waals surface area contributed by atoms with Gasteiger partial charge in [-0.2, -0.15) is 0 Å². The zero-order chi connectivity index (χ0) is 30.3. The summed E-state index contributed by atoms with van der Waals surface area (Å²) in [6.07, 6.45) is 3.10. The number of benzene rings is 1. The number of H-pyrrole nitrogens is 1. The lowest BCUT2D eigenvalue weighted by atomic mass is 10.1. The van der Waals surface area contributed by atoms with Crippen LogP contribution in [0, 0.1) is 0 Å². The fraction of sp³-hybridized carbons (Fsp3) is 0.481. The number of nitrogens with one attached hydrogen (secondary N) is 2. The van der Waals surface area contributed by atoms with Crippen molar-refractivity contribution >= 4 is 22.0 Å². The monoisotopic (exact) mass is 580 g/mol. The first-order valence-corrected chi connectivity index (χ1v) is 14.7. The van der Waals surface area contributed by atoms with Gasteiger partial charge in [-0.25, -0.2) is 27.7 Å². The van der Waals surface area contributed by atoms with Crippen LogP contribution in [0.3, 0.4) is 0 Å². The highest BCUT2D eigenvalue weighted by Gasteiger charge is 2.20. The first kappa shape index (κ1) is 34.5. The Hall–Kier alpha value is -3.55. The van der Waals surface area contributed by atoms with Gasteiger partial charge < -0.3 is 24.8 Å². The Morgan fingerprint density at radius 1 is 1.05 bits per heavy atom. The minimum atomic E-state index is -3.73. The topological polar surface area (TPSA) is 179 Å². The molecule has 4 N–H and O–H groups in total. The van der Waals surface area contributed by atoms with Crippen LogP contribution in [0.5, 0.6) is 5.75 Å². The van der Waals surface area contributed by atoms with E-state index in [1.54, 1.807) is 6.07 Å². The van der Waals surface area contributed by atoms with Crippen molar-refractivity contribution in [2.45, 2.75) is 58.8 Å². The highest BCUT2D eigenvalue weighted by molar-refractivity contribution is 7.89. The van der Waals surface area contributed by atoms with Crippen molar-refractivity contribution in [2.24, 2.45) is 0 Å². The largest absolute Gasteiger partial charge is 0.493 e. The number of aromatic nitrogens is 2. The minimum absolute atomic E-state index is 0.108. The molecule has 222 valence electrons. The second-order valence-corrected chi connectivity index (χ2v) is 10.3. The molecule has 0 atom stereocenters. The number of sulfonamides is 1. The molecule has 0 aliphatic carbocycles. The molecule has 0 spiro atoms. The molecular formula is C27H40N4O8S. The lowest BCUT2D eigenvalue weighted by Gasteiger charge is -2.18. The van der Waals surface area contributed by atoms with Crippen LogP contribution in [-0.4, -0.2) is 78.2 Å². The normalized spacial score (nSPS) is 11.3. The van der Waals surface area contributed by atoms with Gasteiger partial charge in [-0.3, -0.25) is 4.79 Å². The predicted octanol–water partition coefficient (Wildman–Crippen LogP) is 2.68. The Morgan fingerprint density at radius 2 is 1.68 bits per heavy atom. The van der Waals surface area contributed by atoms with Crippen molar-refractivity contribution in [2.75, 3.05) is 32.8 Å². The van der Waals surface area contributed by atoms with Crippen LogP contribution in [0.1, 0.15) is 52.3 Å². The molecule has 0 radical (unpaired) electrons. The van der Waals surface area contributed by atoms with E-state index in [1.807, 2.05) is 34.6 Å². The number of likely N-dealkylation sites (N-methyl/N-ethyl adjacent to an activating group) is 1. The number of carboxylic acids is 2. The van der Waals surface area contributed by atoms with Gasteiger partial charge >= 0.3 is 11.9 Å². The minimum Gasteiger partial charge on any atom is -0.493 e. The molecule has 0 unspecified atom stereocenters. The molecule has 0 fully saturated rings. The summed E-state index contributed by atoms with van der Waals surface area (Å²) in [5, 5.41) is 15.6. The predicted molar refractivity (Wildman–Crippen MR) is 152 cm³/mol. The number of carboxylic acid groups (broad SMARTS) is 2. The molecule has 2 rings (SSSR count). The molecule has 1 aromatic heterocycles. The van der Waals surface area contributed by atoms with Gasteiger partial charge in [-0.1, -0.05) is 34.6 Å². The Labute approximate surface area is 235 Å². The lowest BCUT2D eigenvalue weighted by Crippen LogP contribution is -2.34. The molecule has 13 heteroatoms. The maximum absolute atomic E-state index is 12.9. The van der Waals surface area contributed by atoms with Crippen molar-refractivity contribution in [1.82, 2.24) is 19.6 Å². The van der Waals surface area contributed by atoms with Gasteiger partial charge in [0.1, 0.15) is 11.6 Å². The highest BCUT2D eigenvalue weighted by atomic mass is 32.2. The molecule has 12 nitrogen and oxygen atoms in total. The third-order valence-electron chi connectivity index (χ3n) is 5.75. The average Bonchev–Trinajstić information content (AvgIpc) is 2.92. The summed E-state index contributed by atoms with van der Waals surface area (Å²) in [6, 6.07) is 4.67. The molecule has 0 saturated carbocycles. The number of nitrogens with zero attached hydrogens (tertiary/aromatic N) is 2. The van der Waals surface area contributed by atoms with Gasteiger partial charge in [0.15, 0.2) is 0 Å². The van der Waals surface area contributed by atoms with E-state index in [1.165, 1.54) is 12.1 Å². The van der Waals surface area contributed by atoms with Crippen LogP contribution in [0.4, 0.5) is 0 Å². The van der Waals surface area contributed by atoms with E-state index >= 15 is 0 Å². The average molecular weight is 581 g/mol. The Morgan fingerprint density at radius 3 is 2.17 bits per heavy atom. The maximum atomic E-state index is 12.9. The fourth-order valence-electron chi connectivity index (χ4n) is 3.63. The Kier molecular flexibility index (Phi) is 14.8. The quantitative estimate of drug-likeness (QED) is 0.229. The van der Waals surface area contributed by atoms with Crippen LogP contribution in [-0.2, 0) is 32.5 Å². The van der Waals surface area contributed by atoms with Gasteiger partial charge in [-0.15, -0.1) is 0 Å². The summed E-state index contributed by atoms with van der Waals surface area (Å²) < 4.78 is 34.4. The van der Waals surface area contributed by atoms with E-state index in [9.17, 15) is 22.8 Å². The molecule has 2 aromatic rings. The second-order valence-electron chi connectivity index (χ2n) is 8.49. The van der Waals surface area contributed by atoms with Gasteiger partial charge in [0.25, 0.3) is 5.56 Å². The summed E-state index contributed by atoms with van der Waals surface area (Å²) in [5.41, 5.74) is 1.60. The third kappa shape index (κ3) is 10.9. The van der Waals surface area contributed by atoms with Crippen molar-refractivity contribution in [3.05, 3.63) is 52.0 Å². The number of aryl methyl sites for hydroxylation is 1. The highest BCUT2D eigenvalue weighted by Crippen LogP contribution is 2.30. The number of aromatic amines is 1. The lowest BCUT2D eigenvalue weighted by molar-refractivity contribution is -0.134. The molecule has 1 heterocycles. The first-order valence-electron chi connectivity index (χ1n) is 13.2. The summed E-state index contributed by atoms with van der Waals surface area (Å²) in [7, 11) is -3.73. The van der Waals surface area contributed by atoms with Crippen LogP contribution >= 0.6 is 0 Å². The Bertz CT molecular complexity index is 1300. The smallest absolute Gasteiger partial charge is 0.328 e. The Balaban J connectivity index is 0.000000869. The molecular weight excluding hydrogens is 540 g/mol. The van der Waals surface area contributed by atoms with Crippen molar-refractivity contribution in [3.63, 3.8) is 0 Å². The number of carbonyl (C=O) groups is 2. The number of hydrogen-bond donors (Lipinski definition) is 4. The molecule has 40 heavy (non-hydrogen) atoms. The molecule has 0 aliphatic heterocycles. The van der Waals surface area contributed by atoms with Crippen molar-refractivity contribution < 1.29 is 33.0 Å². The summed E-state index contributed by atoms with van der Waals surface area (Å²) in [4.78, 5) is 41.4. The van der Waals surface area contributed by atoms with Gasteiger partial charge in [0.2, 0.25) is 10.0 Å². The summed E-state index contributed by atoms with van der Waals surface area (Å²) >= 11 is 0. The summed E-state index contributed by atoms with van der Waals surface area (Å²) in [5.74, 6) is -1.71. The van der Waals surface area contributed by atoms with Crippen LogP contribution in [0.25, 0.3) is 11.4 Å². The third-order valence-corrected chi connectivity index (χ3v) is 7.21. The van der Waals surface area contributed by atoms with Crippen LogP contribution in [0.15, 0.2) is 40.0 Å². The molecule has 0 bridgehead atoms. The number of hydrogen-bond acceptors (Lipinski definition) is 8. The zero-order valence-electron chi connectivity index (χ0n) is 23.7. The maximum Gasteiger partial charge on any atom is 0.328 e. The van der Waals surface area contributed by atoms with E-state index in [4.69, 9.17) is 14.9 Å². The molecule has 0 amide bonds. The number of rotatable bonds is 15. The van der Waals surface area contributed by atoms with Crippen molar-refractivity contribution in [1.29, 1.82) is 0 Å². The van der Waals surface area contributed by atoms with E-state index in [-0.39, 0.29) is 10.5 Å². The first-order chi connectivity index (χ1) is 18.9. The molecule has 0 saturated heterocycles. The fourth-order valence-corrected chi connectivity index (χ4v) is 4.68. The van der Waals surface area contributed by atoms with Crippen LogP contribution in [0.2, 0.25) is 0 Å². The standard InChI is InChI=1S/C23H36N4O4S.C4H4O4/c1-6-15-31-21-12-11-17(32(29,30)24-13-14-27(9-4)10-5)16-19(21)22-25-20(8-3)18(7-2)23(28)26-22;5-3(6)1-2-4(7)8/h11-12,16,24H,6-10,13-15H2,1-5H3,(H,25,26,28);1-2H,(H,5,6)(H,7,8). The van der Waals surface area contributed by atoms with Crippen LogP contribution < -0.4 is 15.0 Å². The summed E-state index contributed by atoms with van der Waals surface area (Å²) in [6.45, 7) is 13.1. The number of aliphatic carboxylic acids is 2. The molecule has 0 aliphatic rings. The van der Waals surface area contributed by atoms with Gasteiger partial charge in [0.05, 0.1) is 22.8 Å². The number of ether oxygens (including phenoxy) is 1. The zero-order valence-corrected chi connectivity index (χ0v) is 24.5. The molecule has 1 aromatic carbocycles. The second kappa shape index (κ2) is 17.2. The van der Waals surface area contributed by atoms with E-state index in [0.29, 0.717) is 73.1 Å². The van der Waals surface area contributed by atoms with Gasteiger partial charge in [0, 0.05) is 30.8 Å². The van der Waals surface area contributed by atoms with Crippen molar-refractivity contribution in [3.8, 4) is 17.1 Å². The van der Waals surface area contributed by atoms with E-state index in [0.717, 1.165) is 19.5 Å². The van der Waals surface area contributed by atoms with E-state index < -0.39 is 22.0 Å². The van der Waals surface area contributed by atoms with E-state index in [2.05, 4.69) is 19.6 Å². The van der Waals surface area contributed by atoms with Gasteiger partial charge in [-0.05, 0) is 50.6 Å².